The summed E-state index contributed by atoms with van der Waals surface area (Å²) in [6, 6.07) is 12.4. The largest absolute Gasteiger partial charge is 0.352 e. The third-order valence-corrected chi connectivity index (χ3v) is 5.76. The molecule has 1 amide bonds. The number of amides is 1. The van der Waals surface area contributed by atoms with Gasteiger partial charge in [0.05, 0.1) is 4.88 Å². The van der Waals surface area contributed by atoms with E-state index in [0.717, 1.165) is 17.0 Å². The molecule has 1 N–H and O–H groups in total. The molecule has 1 aromatic carbocycles. The van der Waals surface area contributed by atoms with Gasteiger partial charge in [-0.15, -0.1) is 11.3 Å². The van der Waals surface area contributed by atoms with Gasteiger partial charge in [-0.05, 0) is 48.5 Å². The Hall–Kier alpha value is -2.51. The van der Waals surface area contributed by atoms with Crippen molar-refractivity contribution in [2.45, 2.75) is 38.8 Å². The highest BCUT2D eigenvalue weighted by Gasteiger charge is 2.12. The first kappa shape index (κ1) is 18.8. The molecule has 0 atom stereocenters. The number of nitrogens with zero attached hydrogens (tertiary/aromatic N) is 3. The molecule has 0 aliphatic carbocycles. The highest BCUT2D eigenvalue weighted by Crippen LogP contribution is 2.21. The fraction of sp³-hybridized carbons (Fsp3) is 0.381. The number of carbonyl (C=O) groups excluding carboxylic acids is 1. The third-order valence-electron chi connectivity index (χ3n) is 4.89. The van der Waals surface area contributed by atoms with Gasteiger partial charge >= 0.3 is 0 Å². The van der Waals surface area contributed by atoms with Crippen LogP contribution in [0.5, 0.6) is 0 Å². The van der Waals surface area contributed by atoms with Crippen molar-refractivity contribution in [1.29, 1.82) is 0 Å². The van der Waals surface area contributed by atoms with E-state index in [4.69, 9.17) is 4.52 Å². The van der Waals surface area contributed by atoms with Gasteiger partial charge in [0.1, 0.15) is 0 Å². The number of hydrogen-bond acceptors (Lipinski definition) is 6. The molecule has 146 valence electrons. The van der Waals surface area contributed by atoms with Crippen LogP contribution in [0.25, 0.3) is 10.7 Å². The van der Waals surface area contributed by atoms with E-state index < -0.39 is 0 Å². The topological polar surface area (TPSA) is 71.3 Å². The summed E-state index contributed by atoms with van der Waals surface area (Å²) in [6.07, 6.45) is 3.39. The van der Waals surface area contributed by atoms with E-state index in [9.17, 15) is 4.79 Å². The van der Waals surface area contributed by atoms with Gasteiger partial charge in [0.25, 0.3) is 0 Å². The summed E-state index contributed by atoms with van der Waals surface area (Å²) in [5.74, 6) is 1.06. The Labute approximate surface area is 168 Å². The van der Waals surface area contributed by atoms with E-state index in [-0.39, 0.29) is 5.91 Å². The number of hydrogen-bond donors (Lipinski definition) is 1. The molecule has 6 nitrogen and oxygen atoms in total. The Kier molecular flexibility index (Phi) is 6.14. The lowest BCUT2D eigenvalue weighted by Gasteiger charge is -2.14. The van der Waals surface area contributed by atoms with Crippen LogP contribution in [0.4, 0.5) is 0 Å². The van der Waals surface area contributed by atoms with Gasteiger partial charge < -0.3 is 9.84 Å². The second kappa shape index (κ2) is 9.12. The molecule has 0 radical (unpaired) electrons. The maximum absolute atomic E-state index is 12.1. The summed E-state index contributed by atoms with van der Waals surface area (Å²) in [4.78, 5) is 19.9. The monoisotopic (exact) mass is 396 g/mol. The van der Waals surface area contributed by atoms with Crippen molar-refractivity contribution in [3.8, 4) is 10.7 Å². The molecular formula is C21H24N4O2S. The Morgan fingerprint density at radius 3 is 2.68 bits per heavy atom. The first-order valence-corrected chi connectivity index (χ1v) is 10.6. The van der Waals surface area contributed by atoms with E-state index in [2.05, 4.69) is 44.6 Å². The minimum atomic E-state index is -0.0167. The summed E-state index contributed by atoms with van der Waals surface area (Å²) >= 11 is 1.56. The Morgan fingerprint density at radius 1 is 1.14 bits per heavy atom. The van der Waals surface area contributed by atoms with E-state index in [1.54, 1.807) is 11.3 Å². The summed E-state index contributed by atoms with van der Waals surface area (Å²) in [7, 11) is 0. The number of aryl methyl sites for hydroxylation is 1. The molecule has 28 heavy (non-hydrogen) atoms. The molecule has 1 aliphatic rings. The van der Waals surface area contributed by atoms with Crippen molar-refractivity contribution >= 4 is 17.2 Å². The van der Waals surface area contributed by atoms with Crippen LogP contribution in [0.3, 0.4) is 0 Å². The molecule has 1 fully saturated rings. The molecular weight excluding hydrogens is 372 g/mol. The van der Waals surface area contributed by atoms with Gasteiger partial charge in [0, 0.05) is 25.9 Å². The molecule has 0 spiro atoms. The number of aromatic nitrogens is 2. The summed E-state index contributed by atoms with van der Waals surface area (Å²) < 4.78 is 5.23. The quantitative estimate of drug-likeness (QED) is 0.629. The molecule has 7 heteroatoms. The van der Waals surface area contributed by atoms with E-state index >= 15 is 0 Å². The highest BCUT2D eigenvalue weighted by molar-refractivity contribution is 7.13. The van der Waals surface area contributed by atoms with Crippen LogP contribution < -0.4 is 5.32 Å². The number of nitrogens with one attached hydrogen (secondary N) is 1. The third kappa shape index (κ3) is 5.05. The van der Waals surface area contributed by atoms with Crippen molar-refractivity contribution in [2.24, 2.45) is 0 Å². The number of carbonyl (C=O) groups is 1. The van der Waals surface area contributed by atoms with E-state index in [0.29, 0.717) is 31.1 Å². The Morgan fingerprint density at radius 2 is 1.93 bits per heavy atom. The van der Waals surface area contributed by atoms with Crippen LogP contribution in [-0.2, 0) is 24.3 Å². The number of thiophene rings is 1. The Balaban J connectivity index is 1.20. The molecule has 3 heterocycles. The van der Waals surface area contributed by atoms with Crippen LogP contribution in [0, 0.1) is 0 Å². The number of likely N-dealkylation sites (tertiary alicyclic amines) is 1. The van der Waals surface area contributed by atoms with Crippen molar-refractivity contribution in [1.82, 2.24) is 20.4 Å². The maximum atomic E-state index is 12.1. The fourth-order valence-electron chi connectivity index (χ4n) is 3.33. The second-order valence-corrected chi connectivity index (χ2v) is 8.01. The van der Waals surface area contributed by atoms with Crippen LogP contribution in [0.15, 0.2) is 46.3 Å². The lowest BCUT2D eigenvalue weighted by atomic mass is 10.1. The lowest BCUT2D eigenvalue weighted by molar-refractivity contribution is -0.121. The molecule has 1 saturated heterocycles. The van der Waals surface area contributed by atoms with Gasteiger partial charge in [-0.1, -0.05) is 35.5 Å². The van der Waals surface area contributed by atoms with E-state index in [1.807, 2.05) is 17.5 Å². The molecule has 4 rings (SSSR count). The van der Waals surface area contributed by atoms with Crippen LogP contribution in [-0.4, -0.2) is 34.0 Å². The van der Waals surface area contributed by atoms with Crippen molar-refractivity contribution in [3.05, 3.63) is 58.8 Å². The molecule has 2 aromatic heterocycles. The van der Waals surface area contributed by atoms with Crippen molar-refractivity contribution < 1.29 is 9.32 Å². The van der Waals surface area contributed by atoms with Gasteiger partial charge in [-0.3, -0.25) is 9.69 Å². The summed E-state index contributed by atoms with van der Waals surface area (Å²) in [5, 5.41) is 8.89. The van der Waals surface area contributed by atoms with Crippen LogP contribution >= 0.6 is 11.3 Å². The van der Waals surface area contributed by atoms with Gasteiger partial charge in [0.15, 0.2) is 0 Å². The Bertz CT molecular complexity index is 884. The van der Waals surface area contributed by atoms with Crippen LogP contribution in [0.1, 0.15) is 36.3 Å². The maximum Gasteiger partial charge on any atom is 0.227 e. The van der Waals surface area contributed by atoms with Gasteiger partial charge in [-0.25, -0.2) is 0 Å². The molecule has 0 bridgehead atoms. The average molecular weight is 397 g/mol. The predicted octanol–water partition coefficient (Wildman–Crippen LogP) is 3.64. The van der Waals surface area contributed by atoms with Crippen LogP contribution in [0.2, 0.25) is 0 Å². The SMILES string of the molecule is O=C(CCc1nc(-c2cccs2)no1)NCc1ccc(CN2CCCC2)cc1. The normalized spacial score (nSPS) is 14.4. The van der Waals surface area contributed by atoms with Crippen molar-refractivity contribution in [2.75, 3.05) is 13.1 Å². The molecule has 0 unspecified atom stereocenters. The minimum Gasteiger partial charge on any atom is -0.352 e. The van der Waals surface area contributed by atoms with Gasteiger partial charge in [0.2, 0.25) is 17.6 Å². The second-order valence-electron chi connectivity index (χ2n) is 7.07. The molecule has 1 aliphatic heterocycles. The average Bonchev–Trinajstić information content (AvgIpc) is 3.48. The number of benzene rings is 1. The minimum absolute atomic E-state index is 0.0167. The fourth-order valence-corrected chi connectivity index (χ4v) is 3.98. The van der Waals surface area contributed by atoms with Crippen molar-refractivity contribution in [3.63, 3.8) is 0 Å². The first-order chi connectivity index (χ1) is 13.8. The number of rotatable bonds is 8. The zero-order chi connectivity index (χ0) is 19.2. The zero-order valence-electron chi connectivity index (χ0n) is 15.8. The van der Waals surface area contributed by atoms with E-state index in [1.165, 1.54) is 31.5 Å². The zero-order valence-corrected chi connectivity index (χ0v) is 16.6. The van der Waals surface area contributed by atoms with Gasteiger partial charge in [-0.2, -0.15) is 4.98 Å². The predicted molar refractivity (Wildman–Crippen MR) is 109 cm³/mol. The summed E-state index contributed by atoms with van der Waals surface area (Å²) in [6.45, 7) is 3.96. The standard InChI is InChI=1S/C21H24N4O2S/c26-19(9-10-20-23-21(24-27-20)18-4-3-13-28-18)22-14-16-5-7-17(8-6-16)15-25-11-1-2-12-25/h3-8,13H,1-2,9-12,14-15H2,(H,22,26). The smallest absolute Gasteiger partial charge is 0.227 e. The molecule has 3 aromatic rings. The first-order valence-electron chi connectivity index (χ1n) is 9.69. The summed E-state index contributed by atoms with van der Waals surface area (Å²) in [5.41, 5.74) is 2.44. The lowest BCUT2D eigenvalue weighted by Crippen LogP contribution is -2.23. The molecule has 0 saturated carbocycles. The highest BCUT2D eigenvalue weighted by atomic mass is 32.1.